The number of piperazine rings is 1. The standard InChI is InChI=1S/C28H35N7O3.C25H27F3N6O3.C24H28N6O3.3CH4/c1-32-20-21(18-30-32)28-19-29-26-5-4-22(16-27(26)31-28)35(23-14-24(37-2)17-25(15-23)38-3)11-10-33-6-8-34(9-7-33)12-13-36;1-33-13-16(10-31-33)24-12-30-22-5-4-17(8-23(22)32-24)34(14-19(35)11-29-15-25(26,27)28)18-6-20(36-2)9-21(7-18)37-3;1-29-16-17(14-27-29)24-15-26-22-5-4-18(12-23(22)28-24)30(8-6-25-7-9-31)19-10-20(32-2)13-21(11-19)33-3;;;/h4-5,14-20,36H,6-13H2,1-3H3;4-10,12-13,19,29,35H,11,14-15H2,1-3H3;4-5,10-16,25,31H,6-9H2,1-3H3;3*1H4/t;19-;;;;/m.1..../s1. The van der Waals surface area contributed by atoms with E-state index >= 15 is 0 Å². The van der Waals surface area contributed by atoms with E-state index in [2.05, 4.69) is 72.6 Å². The Morgan fingerprint density at radius 2 is 0.775 bits per heavy atom. The fourth-order valence-corrected chi connectivity index (χ4v) is 12.3. The monoisotopic (exact) mass is 1530 g/mol. The number of rotatable bonds is 30. The molecule has 12 aromatic rings. The Kier molecular flexibility index (Phi) is 31.0. The quantitative estimate of drug-likeness (QED) is 0.0261. The fourth-order valence-electron chi connectivity index (χ4n) is 12.3. The molecule has 0 saturated carbocycles. The number of ether oxygens (including phenoxy) is 6. The summed E-state index contributed by atoms with van der Waals surface area (Å²) in [4.78, 5) is 39.2. The van der Waals surface area contributed by atoms with Gasteiger partial charge in [-0.1, -0.05) is 22.3 Å². The second kappa shape index (κ2) is 40.4. The Hall–Kier alpha value is -11.3. The second-order valence-electron chi connectivity index (χ2n) is 25.4. The van der Waals surface area contributed by atoms with Gasteiger partial charge in [-0.3, -0.25) is 38.8 Å². The number of anilines is 6. The molecule has 1 aliphatic rings. The van der Waals surface area contributed by atoms with Crippen LogP contribution in [-0.2, 0) is 21.1 Å². The van der Waals surface area contributed by atoms with E-state index in [0.717, 1.165) is 130 Å². The van der Waals surface area contributed by atoms with Gasteiger partial charge in [0.15, 0.2) is 0 Å². The average Bonchev–Trinajstić information content (AvgIpc) is 1.71. The van der Waals surface area contributed by atoms with Crippen LogP contribution in [0.3, 0.4) is 0 Å². The van der Waals surface area contributed by atoms with E-state index in [4.69, 9.17) is 48.5 Å². The van der Waals surface area contributed by atoms with Gasteiger partial charge in [0.25, 0.3) is 0 Å². The van der Waals surface area contributed by atoms with Gasteiger partial charge in [-0.15, -0.1) is 0 Å². The van der Waals surface area contributed by atoms with E-state index in [0.29, 0.717) is 70.7 Å². The van der Waals surface area contributed by atoms with Gasteiger partial charge in [0, 0.05) is 217 Å². The van der Waals surface area contributed by atoms with Crippen molar-refractivity contribution in [3.63, 3.8) is 0 Å². The van der Waals surface area contributed by atoms with Gasteiger partial charge >= 0.3 is 6.18 Å². The van der Waals surface area contributed by atoms with Crippen LogP contribution < -0.4 is 53.8 Å². The van der Waals surface area contributed by atoms with E-state index in [1.807, 2.05) is 113 Å². The maximum absolute atomic E-state index is 12.6. The number of halogens is 3. The number of nitrogens with one attached hydrogen (secondary N) is 2. The summed E-state index contributed by atoms with van der Waals surface area (Å²) in [5.41, 5.74) is 14.5. The maximum Gasteiger partial charge on any atom is 0.401 e. The van der Waals surface area contributed by atoms with Crippen LogP contribution in [0.1, 0.15) is 22.3 Å². The van der Waals surface area contributed by atoms with Crippen LogP contribution in [0.2, 0.25) is 0 Å². The Labute approximate surface area is 645 Å². The molecule has 0 radical (unpaired) electrons. The third-order valence-electron chi connectivity index (χ3n) is 17.9. The van der Waals surface area contributed by atoms with Crippen LogP contribution in [0.25, 0.3) is 66.9 Å². The lowest BCUT2D eigenvalue weighted by Crippen LogP contribution is -2.48. The van der Waals surface area contributed by atoms with Gasteiger partial charge in [-0.2, -0.15) is 28.5 Å². The molecule has 13 rings (SSSR count). The van der Waals surface area contributed by atoms with Gasteiger partial charge in [0.1, 0.15) is 34.5 Å². The molecule has 0 spiro atoms. The molecule has 0 aliphatic carbocycles. The van der Waals surface area contributed by atoms with Gasteiger partial charge in [0.05, 0.1) is 162 Å². The van der Waals surface area contributed by atoms with Crippen molar-refractivity contribution in [2.75, 3.05) is 156 Å². The lowest BCUT2D eigenvalue weighted by molar-refractivity contribution is -0.125. The summed E-state index contributed by atoms with van der Waals surface area (Å²) in [6.07, 6.45) is 10.7. The number of fused-ring (bicyclic) bond motifs is 3. The van der Waals surface area contributed by atoms with Crippen molar-refractivity contribution in [2.45, 2.75) is 34.6 Å². The van der Waals surface area contributed by atoms with Crippen molar-refractivity contribution in [1.29, 1.82) is 0 Å². The van der Waals surface area contributed by atoms with Crippen LogP contribution in [0, 0.1) is 0 Å². The Balaban J connectivity index is 0.000000207. The Bertz CT molecular complexity index is 4860. The molecule has 1 fully saturated rings. The van der Waals surface area contributed by atoms with E-state index in [9.17, 15) is 23.4 Å². The number of alkyl halides is 3. The number of β-amino-alcohol motifs (C(OH)–C–C–N with tert-alkyl or cyclic N) is 1. The summed E-state index contributed by atoms with van der Waals surface area (Å²) in [5, 5.41) is 47.2. The van der Waals surface area contributed by atoms with Crippen molar-refractivity contribution >= 4 is 67.2 Å². The summed E-state index contributed by atoms with van der Waals surface area (Å²) in [6.45, 7) is 7.02. The molecule has 6 aromatic heterocycles. The highest BCUT2D eigenvalue weighted by atomic mass is 19.4. The van der Waals surface area contributed by atoms with Crippen LogP contribution in [0.5, 0.6) is 34.5 Å². The Morgan fingerprint density at radius 1 is 0.423 bits per heavy atom. The third kappa shape index (κ3) is 22.9. The summed E-state index contributed by atoms with van der Waals surface area (Å²) >= 11 is 0. The van der Waals surface area contributed by atoms with Crippen molar-refractivity contribution in [1.82, 2.24) is 79.7 Å². The molecule has 1 saturated heterocycles. The first-order valence-electron chi connectivity index (χ1n) is 34.9. The highest BCUT2D eigenvalue weighted by Gasteiger charge is 2.28. The smallest absolute Gasteiger partial charge is 0.401 e. The third-order valence-corrected chi connectivity index (χ3v) is 17.9. The molecule has 592 valence electrons. The molecule has 111 heavy (non-hydrogen) atoms. The normalized spacial score (nSPS) is 12.5. The molecule has 1 atom stereocenters. The summed E-state index contributed by atoms with van der Waals surface area (Å²) in [7, 11) is 15.2. The first-order valence-corrected chi connectivity index (χ1v) is 34.9. The molecule has 28 nitrogen and oxygen atoms in total. The number of benzene rings is 6. The molecule has 6 aromatic carbocycles. The van der Waals surface area contributed by atoms with Crippen LogP contribution in [-0.4, -0.2) is 238 Å². The minimum atomic E-state index is -4.37. The lowest BCUT2D eigenvalue weighted by Gasteiger charge is -2.36. The van der Waals surface area contributed by atoms with Crippen molar-refractivity contribution in [2.24, 2.45) is 21.1 Å². The molecular weight excluding hydrogens is 1430 g/mol. The molecule has 0 amide bonds. The summed E-state index contributed by atoms with van der Waals surface area (Å²) in [6, 6.07) is 34.6. The SMILES string of the molecule is C.C.C.COc1cc(OC)cc(N(CCN2CCN(CCO)CC2)c2ccc3ncc(-c4cnn(C)c4)nc3c2)c1.COc1cc(OC)cc(N(CCNCCO)c2ccc3ncc(-c4cnn(C)c4)nc3c2)c1.COc1cc(OC)cc(N(C[C@H](O)CNCC(F)(F)F)c2ccc3ncc(-c4cnn(C)c4)nc3c2)c1. The highest BCUT2D eigenvalue weighted by Crippen LogP contribution is 2.38. The number of aliphatic hydroxyl groups excluding tert-OH is 3. The highest BCUT2D eigenvalue weighted by molar-refractivity contribution is 5.86. The topological polar surface area (TPSA) is 287 Å². The zero-order chi connectivity index (χ0) is 76.3. The van der Waals surface area contributed by atoms with E-state index in [1.165, 1.54) is 14.2 Å². The first-order chi connectivity index (χ1) is 52.3. The summed E-state index contributed by atoms with van der Waals surface area (Å²) < 4.78 is 75.8. The number of hydrogen-bond acceptors (Lipinski definition) is 25. The number of aromatic nitrogens is 12. The Morgan fingerprint density at radius 3 is 1.11 bits per heavy atom. The molecular formula is C80H102F3N19O9. The molecule has 0 unspecified atom stereocenters. The second-order valence-corrected chi connectivity index (χ2v) is 25.4. The molecule has 31 heteroatoms. The van der Waals surface area contributed by atoms with Crippen molar-refractivity contribution < 1.29 is 56.9 Å². The van der Waals surface area contributed by atoms with E-state index < -0.39 is 18.8 Å². The number of nitrogens with zero attached hydrogens (tertiary/aromatic N) is 17. The van der Waals surface area contributed by atoms with Crippen molar-refractivity contribution in [3.05, 3.63) is 165 Å². The zero-order valence-corrected chi connectivity index (χ0v) is 61.8. The lowest BCUT2D eigenvalue weighted by atomic mass is 10.1. The summed E-state index contributed by atoms with van der Waals surface area (Å²) in [5.74, 6) is 3.92. The fraction of sp³-hybridized carbons (Fsp3) is 0.362. The number of aliphatic hydroxyl groups is 3. The van der Waals surface area contributed by atoms with Gasteiger partial charge < -0.3 is 69.1 Å². The van der Waals surface area contributed by atoms with Gasteiger partial charge in [-0.05, 0) is 54.6 Å². The van der Waals surface area contributed by atoms with Gasteiger partial charge in [0.2, 0.25) is 0 Å². The molecule has 0 bridgehead atoms. The van der Waals surface area contributed by atoms with Gasteiger partial charge in [-0.25, -0.2) is 15.0 Å². The average molecular weight is 1530 g/mol. The predicted molar refractivity (Wildman–Crippen MR) is 430 cm³/mol. The maximum atomic E-state index is 12.6. The van der Waals surface area contributed by atoms with Crippen molar-refractivity contribution in [3.8, 4) is 68.3 Å². The first kappa shape index (κ1) is 85.3. The van der Waals surface area contributed by atoms with Crippen LogP contribution in [0.15, 0.2) is 165 Å². The molecule has 7 heterocycles. The van der Waals surface area contributed by atoms with Crippen LogP contribution in [0.4, 0.5) is 47.3 Å². The predicted octanol–water partition coefficient (Wildman–Crippen LogP) is 11.2. The molecule has 1 aliphatic heterocycles. The zero-order valence-electron chi connectivity index (χ0n) is 61.8. The minimum absolute atomic E-state index is 0. The number of aryl methyl sites for hydroxylation is 3. The van der Waals surface area contributed by atoms with E-state index in [-0.39, 0.29) is 48.6 Å². The molecule has 5 N–H and O–H groups in total. The van der Waals surface area contributed by atoms with Crippen LogP contribution >= 0.6 is 0 Å². The largest absolute Gasteiger partial charge is 0.497 e. The minimum Gasteiger partial charge on any atom is -0.497 e. The number of methoxy groups -OCH3 is 6. The van der Waals surface area contributed by atoms with E-state index in [1.54, 1.807) is 109 Å². The number of hydrogen-bond donors (Lipinski definition) is 5.